The summed E-state index contributed by atoms with van der Waals surface area (Å²) in [5.74, 6) is -0.135. The lowest BCUT2D eigenvalue weighted by molar-refractivity contribution is -0.141. The first-order chi connectivity index (χ1) is 12.6. The summed E-state index contributed by atoms with van der Waals surface area (Å²) in [5, 5.41) is 6.53. The predicted octanol–water partition coefficient (Wildman–Crippen LogP) is 3.01. The van der Waals surface area contributed by atoms with E-state index in [2.05, 4.69) is 22.2 Å². The lowest BCUT2D eigenvalue weighted by Crippen LogP contribution is -2.30. The van der Waals surface area contributed by atoms with E-state index in [0.29, 0.717) is 0 Å². The van der Waals surface area contributed by atoms with Gasteiger partial charge in [-0.25, -0.2) is 0 Å². The average molecular weight is 345 g/mol. The quantitative estimate of drug-likeness (QED) is 0.516. The SMILES string of the molecule is Cc1[nH]c2ccccc2c1/C=N\N1C(=O)[C@@H]2[C@@H](C1=O)[C@H]1C=C[C@H]2C12CC2. The second-order valence-electron chi connectivity index (χ2n) is 8.16. The van der Waals surface area contributed by atoms with Gasteiger partial charge in [0.1, 0.15) is 0 Å². The molecule has 130 valence electrons. The summed E-state index contributed by atoms with van der Waals surface area (Å²) in [7, 11) is 0. The van der Waals surface area contributed by atoms with Gasteiger partial charge in [0.05, 0.1) is 18.1 Å². The third kappa shape index (κ3) is 1.55. The highest BCUT2D eigenvalue weighted by molar-refractivity contribution is 6.08. The second kappa shape index (κ2) is 4.53. The maximum absolute atomic E-state index is 13.0. The highest BCUT2D eigenvalue weighted by Gasteiger charge is 2.73. The summed E-state index contributed by atoms with van der Waals surface area (Å²) in [6, 6.07) is 7.98. The van der Waals surface area contributed by atoms with Crippen LogP contribution in [-0.2, 0) is 9.59 Å². The zero-order valence-corrected chi connectivity index (χ0v) is 14.5. The zero-order valence-electron chi connectivity index (χ0n) is 14.5. The van der Waals surface area contributed by atoms with E-state index in [1.165, 1.54) is 0 Å². The Balaban J connectivity index is 1.36. The van der Waals surface area contributed by atoms with Crippen LogP contribution in [0.3, 0.4) is 0 Å². The van der Waals surface area contributed by atoms with Gasteiger partial charge in [-0.05, 0) is 43.1 Å². The molecule has 2 heterocycles. The number of H-pyrrole nitrogens is 1. The van der Waals surface area contributed by atoms with Crippen molar-refractivity contribution < 1.29 is 9.59 Å². The smallest absolute Gasteiger partial charge is 0.254 e. The predicted molar refractivity (Wildman–Crippen MR) is 97.2 cm³/mol. The first kappa shape index (κ1) is 14.5. The highest BCUT2D eigenvalue weighted by atomic mass is 16.2. The van der Waals surface area contributed by atoms with E-state index in [4.69, 9.17) is 0 Å². The fraction of sp³-hybridized carbons (Fsp3) is 0.381. The first-order valence-corrected chi connectivity index (χ1v) is 9.29. The molecular weight excluding hydrogens is 326 g/mol. The number of fused-ring (bicyclic) bond motifs is 4. The zero-order chi connectivity index (χ0) is 17.6. The topological polar surface area (TPSA) is 65.5 Å². The number of carbonyl (C=O) groups excluding carboxylic acids is 2. The molecule has 0 radical (unpaired) electrons. The fourth-order valence-electron chi connectivity index (χ4n) is 5.76. The van der Waals surface area contributed by atoms with Crippen molar-refractivity contribution in [2.45, 2.75) is 19.8 Å². The summed E-state index contributed by atoms with van der Waals surface area (Å²) in [4.78, 5) is 29.2. The molecule has 1 aliphatic heterocycles. The number of nitrogens with one attached hydrogen (secondary N) is 1. The monoisotopic (exact) mass is 345 g/mol. The Bertz CT molecular complexity index is 1010. The van der Waals surface area contributed by atoms with E-state index in [1.807, 2.05) is 31.2 Å². The van der Waals surface area contributed by atoms with Crippen LogP contribution in [-0.4, -0.2) is 28.0 Å². The molecule has 26 heavy (non-hydrogen) atoms. The van der Waals surface area contributed by atoms with Gasteiger partial charge in [-0.3, -0.25) is 9.59 Å². The molecule has 4 atom stereocenters. The molecule has 1 spiro atoms. The number of rotatable bonds is 2. The lowest BCUT2D eigenvalue weighted by atomic mass is 9.85. The average Bonchev–Trinajstić information content (AvgIpc) is 3.10. The molecule has 2 bridgehead atoms. The van der Waals surface area contributed by atoms with Crippen LogP contribution in [0.15, 0.2) is 41.5 Å². The van der Waals surface area contributed by atoms with Crippen LogP contribution >= 0.6 is 0 Å². The minimum atomic E-state index is -0.193. The number of carbonyl (C=O) groups is 2. The summed E-state index contributed by atoms with van der Waals surface area (Å²) in [5.41, 5.74) is 3.16. The molecule has 1 aromatic heterocycles. The van der Waals surface area contributed by atoms with Crippen LogP contribution in [0.2, 0.25) is 0 Å². The number of aromatic amines is 1. The third-order valence-corrected chi connectivity index (χ3v) is 7.08. The number of hydrazone groups is 1. The second-order valence-corrected chi connectivity index (χ2v) is 8.16. The summed E-state index contributed by atoms with van der Waals surface area (Å²) in [6.07, 6.45) is 8.33. The number of hydrogen-bond donors (Lipinski definition) is 1. The number of hydrogen-bond acceptors (Lipinski definition) is 3. The van der Waals surface area contributed by atoms with Crippen molar-refractivity contribution in [1.29, 1.82) is 0 Å². The van der Waals surface area contributed by atoms with Crippen LogP contribution in [0.5, 0.6) is 0 Å². The number of allylic oxidation sites excluding steroid dienone is 2. The van der Waals surface area contributed by atoms with E-state index in [1.54, 1.807) is 6.21 Å². The van der Waals surface area contributed by atoms with Crippen LogP contribution in [0.4, 0.5) is 0 Å². The number of nitrogens with zero attached hydrogens (tertiary/aromatic N) is 2. The van der Waals surface area contributed by atoms with E-state index in [-0.39, 0.29) is 40.9 Å². The minimum Gasteiger partial charge on any atom is -0.358 e. The maximum atomic E-state index is 13.0. The normalized spacial score (nSPS) is 33.3. The van der Waals surface area contributed by atoms with Crippen LogP contribution in [0.1, 0.15) is 24.1 Å². The van der Waals surface area contributed by atoms with Gasteiger partial charge in [-0.15, -0.1) is 0 Å². The Labute approximate surface area is 150 Å². The molecule has 5 heteroatoms. The summed E-state index contributed by atoms with van der Waals surface area (Å²) in [6.45, 7) is 1.98. The van der Waals surface area contributed by atoms with Crippen molar-refractivity contribution >= 4 is 28.9 Å². The molecule has 1 saturated heterocycles. The minimum absolute atomic E-state index is 0.114. The molecule has 4 aliphatic rings. The van der Waals surface area contributed by atoms with Crippen molar-refractivity contribution in [3.8, 4) is 0 Å². The molecule has 3 aliphatic carbocycles. The van der Waals surface area contributed by atoms with Gasteiger partial charge < -0.3 is 4.98 Å². The van der Waals surface area contributed by atoms with E-state index < -0.39 is 0 Å². The van der Waals surface area contributed by atoms with E-state index >= 15 is 0 Å². The van der Waals surface area contributed by atoms with Crippen molar-refractivity contribution in [2.24, 2.45) is 34.2 Å². The molecule has 0 unspecified atom stereocenters. The number of benzene rings is 1. The standard InChI is InChI=1S/C21H19N3O2/c1-11-13(12-4-2-3-5-16(12)23-11)10-22-24-19(25)17-14-6-7-15(18(17)20(24)26)21(14)8-9-21/h2-7,10,14-15,17-18,23H,8-9H2,1H3/b22-10-/t14-,15-,17+,18+/m1/s1. The molecule has 6 rings (SSSR count). The van der Waals surface area contributed by atoms with Crippen molar-refractivity contribution in [2.75, 3.05) is 0 Å². The Morgan fingerprint density at radius 2 is 1.77 bits per heavy atom. The van der Waals surface area contributed by atoms with Gasteiger partial charge in [0.25, 0.3) is 11.8 Å². The van der Waals surface area contributed by atoms with E-state index in [9.17, 15) is 9.59 Å². The Morgan fingerprint density at radius 1 is 1.12 bits per heavy atom. The van der Waals surface area contributed by atoms with Gasteiger partial charge in [0.2, 0.25) is 0 Å². The number of aromatic nitrogens is 1. The molecular formula is C21H19N3O2. The molecule has 3 fully saturated rings. The Kier molecular flexibility index (Phi) is 2.52. The Hall–Kier alpha value is -2.69. The fourth-order valence-corrected chi connectivity index (χ4v) is 5.76. The summed E-state index contributed by atoms with van der Waals surface area (Å²) < 4.78 is 0. The van der Waals surface area contributed by atoms with Crippen molar-refractivity contribution in [3.05, 3.63) is 47.7 Å². The maximum Gasteiger partial charge on any atom is 0.254 e. The molecule has 2 saturated carbocycles. The molecule has 1 N–H and O–H groups in total. The molecule has 1 aromatic carbocycles. The van der Waals surface area contributed by atoms with Gasteiger partial charge in [-0.2, -0.15) is 10.1 Å². The van der Waals surface area contributed by atoms with Crippen molar-refractivity contribution in [1.82, 2.24) is 9.99 Å². The number of imide groups is 1. The first-order valence-electron chi connectivity index (χ1n) is 9.29. The molecule has 2 amide bonds. The third-order valence-electron chi connectivity index (χ3n) is 7.08. The van der Waals surface area contributed by atoms with Crippen LogP contribution in [0.25, 0.3) is 10.9 Å². The van der Waals surface area contributed by atoms with Gasteiger partial charge in [0.15, 0.2) is 0 Å². The highest BCUT2D eigenvalue weighted by Crippen LogP contribution is 2.73. The Morgan fingerprint density at radius 3 is 2.42 bits per heavy atom. The number of amides is 2. The number of para-hydroxylation sites is 1. The van der Waals surface area contributed by atoms with E-state index in [0.717, 1.165) is 40.0 Å². The van der Waals surface area contributed by atoms with Gasteiger partial charge in [-0.1, -0.05) is 30.4 Å². The number of aryl methyl sites for hydroxylation is 1. The van der Waals surface area contributed by atoms with Gasteiger partial charge in [0, 0.05) is 22.2 Å². The molecule has 2 aromatic rings. The van der Waals surface area contributed by atoms with Crippen molar-refractivity contribution in [3.63, 3.8) is 0 Å². The molecule has 5 nitrogen and oxygen atoms in total. The van der Waals surface area contributed by atoms with Gasteiger partial charge >= 0.3 is 0 Å². The lowest BCUT2D eigenvalue weighted by Gasteiger charge is -2.18. The van der Waals surface area contributed by atoms with Crippen LogP contribution < -0.4 is 0 Å². The van der Waals surface area contributed by atoms with Crippen LogP contribution in [0, 0.1) is 36.0 Å². The summed E-state index contributed by atoms with van der Waals surface area (Å²) >= 11 is 0. The largest absolute Gasteiger partial charge is 0.358 e.